The van der Waals surface area contributed by atoms with Gasteiger partial charge < -0.3 is 9.47 Å². The molecule has 1 aliphatic heterocycles. The maximum Gasteiger partial charge on any atom is 0.162 e. The van der Waals surface area contributed by atoms with Crippen LogP contribution in [0.15, 0.2) is 24.3 Å². The second kappa shape index (κ2) is 4.97. The number of benzene rings is 1. The molecule has 0 amide bonds. The SMILES string of the molecule is CC(C)(C)C1OCC(c2ccc(Cl)cc2)CO1. The fourth-order valence-corrected chi connectivity index (χ4v) is 2.06. The Morgan fingerprint density at radius 1 is 1.06 bits per heavy atom. The van der Waals surface area contributed by atoms with Crippen LogP contribution in [0.3, 0.4) is 0 Å². The first-order valence-electron chi connectivity index (χ1n) is 5.95. The van der Waals surface area contributed by atoms with Crippen LogP contribution in [0.5, 0.6) is 0 Å². The lowest BCUT2D eigenvalue weighted by atomic mass is 9.94. The topological polar surface area (TPSA) is 18.5 Å². The number of hydrogen-bond donors (Lipinski definition) is 0. The molecule has 0 saturated carbocycles. The Labute approximate surface area is 108 Å². The molecule has 1 heterocycles. The number of rotatable bonds is 1. The molecule has 1 aromatic rings. The second-order valence-electron chi connectivity index (χ2n) is 5.61. The van der Waals surface area contributed by atoms with E-state index in [1.165, 1.54) is 5.56 Å². The summed E-state index contributed by atoms with van der Waals surface area (Å²) in [6.07, 6.45) is -0.106. The van der Waals surface area contributed by atoms with E-state index in [2.05, 4.69) is 20.8 Å². The predicted molar refractivity (Wildman–Crippen MR) is 69.3 cm³/mol. The second-order valence-corrected chi connectivity index (χ2v) is 6.05. The van der Waals surface area contributed by atoms with Gasteiger partial charge in [0.05, 0.1) is 13.2 Å². The lowest BCUT2D eigenvalue weighted by Gasteiger charge is -2.36. The Morgan fingerprint density at radius 3 is 2.06 bits per heavy atom. The quantitative estimate of drug-likeness (QED) is 0.758. The predicted octanol–water partition coefficient (Wildman–Crippen LogP) is 3.84. The van der Waals surface area contributed by atoms with Gasteiger partial charge in [-0.3, -0.25) is 0 Å². The zero-order valence-electron chi connectivity index (χ0n) is 10.6. The Morgan fingerprint density at radius 2 is 1.59 bits per heavy atom. The molecule has 1 aliphatic rings. The summed E-state index contributed by atoms with van der Waals surface area (Å²) in [6, 6.07) is 7.90. The molecule has 94 valence electrons. The zero-order valence-corrected chi connectivity index (χ0v) is 11.3. The highest BCUT2D eigenvalue weighted by atomic mass is 35.5. The van der Waals surface area contributed by atoms with Gasteiger partial charge in [0.1, 0.15) is 0 Å². The van der Waals surface area contributed by atoms with Crippen molar-refractivity contribution in [3.8, 4) is 0 Å². The summed E-state index contributed by atoms with van der Waals surface area (Å²) in [5, 5.41) is 0.763. The highest BCUT2D eigenvalue weighted by Gasteiger charge is 2.32. The average Bonchev–Trinajstić information content (AvgIpc) is 2.29. The zero-order chi connectivity index (χ0) is 12.5. The van der Waals surface area contributed by atoms with Gasteiger partial charge in [-0.05, 0) is 17.7 Å². The van der Waals surface area contributed by atoms with E-state index < -0.39 is 0 Å². The van der Waals surface area contributed by atoms with E-state index in [-0.39, 0.29) is 11.7 Å². The normalized spacial score (nSPS) is 25.9. The van der Waals surface area contributed by atoms with Crippen molar-refractivity contribution in [3.05, 3.63) is 34.9 Å². The van der Waals surface area contributed by atoms with Gasteiger partial charge in [-0.15, -0.1) is 0 Å². The minimum absolute atomic E-state index is 0.0327. The highest BCUT2D eigenvalue weighted by Crippen LogP contribution is 2.31. The molecule has 0 atom stereocenters. The molecule has 0 aromatic heterocycles. The third-order valence-electron chi connectivity index (χ3n) is 2.95. The van der Waals surface area contributed by atoms with Crippen LogP contribution < -0.4 is 0 Å². The lowest BCUT2D eigenvalue weighted by molar-refractivity contribution is -0.231. The molecule has 17 heavy (non-hydrogen) atoms. The Bertz CT molecular complexity index is 359. The molecule has 2 rings (SSSR count). The van der Waals surface area contributed by atoms with E-state index in [1.807, 2.05) is 24.3 Å². The molecular weight excluding hydrogens is 236 g/mol. The van der Waals surface area contributed by atoms with Gasteiger partial charge in [0.25, 0.3) is 0 Å². The van der Waals surface area contributed by atoms with Crippen molar-refractivity contribution in [2.24, 2.45) is 5.41 Å². The molecular formula is C14H19ClO2. The standard InChI is InChI=1S/C14H19ClO2/c1-14(2,3)13-16-8-11(9-17-13)10-4-6-12(15)7-5-10/h4-7,11,13H,8-9H2,1-3H3. The van der Waals surface area contributed by atoms with E-state index in [1.54, 1.807) is 0 Å². The molecule has 2 nitrogen and oxygen atoms in total. The summed E-state index contributed by atoms with van der Waals surface area (Å²) < 4.78 is 11.6. The third-order valence-corrected chi connectivity index (χ3v) is 3.20. The molecule has 0 N–H and O–H groups in total. The molecule has 0 bridgehead atoms. The number of ether oxygens (including phenoxy) is 2. The molecule has 1 fully saturated rings. The molecule has 0 aliphatic carbocycles. The van der Waals surface area contributed by atoms with Crippen molar-refractivity contribution in [2.75, 3.05) is 13.2 Å². The van der Waals surface area contributed by atoms with Crippen LogP contribution in [0.2, 0.25) is 5.02 Å². The summed E-state index contributed by atoms with van der Waals surface area (Å²) in [6.45, 7) is 7.80. The van der Waals surface area contributed by atoms with E-state index in [9.17, 15) is 0 Å². The first kappa shape index (κ1) is 12.9. The van der Waals surface area contributed by atoms with Crippen molar-refractivity contribution in [1.82, 2.24) is 0 Å². The number of hydrogen-bond acceptors (Lipinski definition) is 2. The summed E-state index contributed by atoms with van der Waals surface area (Å²) in [4.78, 5) is 0. The van der Waals surface area contributed by atoms with E-state index in [4.69, 9.17) is 21.1 Å². The van der Waals surface area contributed by atoms with Gasteiger partial charge in [-0.1, -0.05) is 44.5 Å². The van der Waals surface area contributed by atoms with Crippen molar-refractivity contribution < 1.29 is 9.47 Å². The van der Waals surface area contributed by atoms with Crippen molar-refractivity contribution >= 4 is 11.6 Å². The van der Waals surface area contributed by atoms with Crippen molar-refractivity contribution in [3.63, 3.8) is 0 Å². The van der Waals surface area contributed by atoms with Gasteiger partial charge in [0.2, 0.25) is 0 Å². The van der Waals surface area contributed by atoms with Crippen molar-refractivity contribution in [1.29, 1.82) is 0 Å². The van der Waals surface area contributed by atoms with Crippen LogP contribution in [0, 0.1) is 5.41 Å². The molecule has 0 radical (unpaired) electrons. The number of halogens is 1. The smallest absolute Gasteiger partial charge is 0.162 e. The third kappa shape index (κ3) is 3.21. The molecule has 1 saturated heterocycles. The summed E-state index contributed by atoms with van der Waals surface area (Å²) >= 11 is 5.87. The molecule has 3 heteroatoms. The van der Waals surface area contributed by atoms with E-state index >= 15 is 0 Å². The van der Waals surface area contributed by atoms with Crippen LogP contribution in [0.1, 0.15) is 32.3 Å². The monoisotopic (exact) mass is 254 g/mol. The fourth-order valence-electron chi connectivity index (χ4n) is 1.93. The Kier molecular flexibility index (Phi) is 3.76. The highest BCUT2D eigenvalue weighted by molar-refractivity contribution is 6.30. The molecule has 0 unspecified atom stereocenters. The maximum absolute atomic E-state index is 5.87. The summed E-state index contributed by atoms with van der Waals surface area (Å²) in [5.74, 6) is 0.311. The fraction of sp³-hybridized carbons (Fsp3) is 0.571. The summed E-state index contributed by atoms with van der Waals surface area (Å²) in [5.41, 5.74) is 1.26. The van der Waals surface area contributed by atoms with Gasteiger partial charge in [0.15, 0.2) is 6.29 Å². The largest absolute Gasteiger partial charge is 0.351 e. The van der Waals surface area contributed by atoms with E-state index in [0.717, 1.165) is 5.02 Å². The van der Waals surface area contributed by atoms with Crippen LogP contribution in [0.4, 0.5) is 0 Å². The summed E-state index contributed by atoms with van der Waals surface area (Å²) in [7, 11) is 0. The average molecular weight is 255 g/mol. The van der Waals surface area contributed by atoms with Crippen LogP contribution in [-0.4, -0.2) is 19.5 Å². The molecule has 1 aromatic carbocycles. The lowest BCUT2D eigenvalue weighted by Crippen LogP contribution is -2.39. The first-order valence-corrected chi connectivity index (χ1v) is 6.33. The minimum Gasteiger partial charge on any atom is -0.351 e. The maximum atomic E-state index is 5.87. The minimum atomic E-state index is -0.106. The van der Waals surface area contributed by atoms with Gasteiger partial charge >= 0.3 is 0 Å². The van der Waals surface area contributed by atoms with Crippen LogP contribution in [0.25, 0.3) is 0 Å². The van der Waals surface area contributed by atoms with Crippen LogP contribution in [-0.2, 0) is 9.47 Å². The van der Waals surface area contributed by atoms with E-state index in [0.29, 0.717) is 19.1 Å². The first-order chi connectivity index (χ1) is 7.97. The Balaban J connectivity index is 1.97. The van der Waals surface area contributed by atoms with Gasteiger partial charge in [0, 0.05) is 16.4 Å². The Hall–Kier alpha value is -0.570. The van der Waals surface area contributed by atoms with Crippen molar-refractivity contribution in [2.45, 2.75) is 33.0 Å². The van der Waals surface area contributed by atoms with Crippen LogP contribution >= 0.6 is 11.6 Å². The molecule has 0 spiro atoms. The van der Waals surface area contributed by atoms with Gasteiger partial charge in [-0.25, -0.2) is 0 Å². The van der Waals surface area contributed by atoms with Gasteiger partial charge in [-0.2, -0.15) is 0 Å².